The highest BCUT2D eigenvalue weighted by atomic mass is 32.2. The first-order valence-corrected chi connectivity index (χ1v) is 16.6. The Morgan fingerprint density at radius 3 is 2.61 bits per heavy atom. The van der Waals surface area contributed by atoms with Gasteiger partial charge in [0, 0.05) is 50.2 Å². The molecule has 46 heavy (non-hydrogen) atoms. The number of Topliss-reactive ketones (excluding diaryl/α,β-unsaturated/α-hetero) is 1. The number of anilines is 1. The largest absolute Gasteiger partial charge is 0.455 e. The number of carbonyl (C=O) groups is 2. The number of sulfonamides is 1. The Labute approximate surface area is 264 Å². The molecular formula is C32H33N5O8S. The molecule has 0 unspecified atom stereocenters. The second-order valence-corrected chi connectivity index (χ2v) is 13.2. The monoisotopic (exact) mass is 647 g/mol. The summed E-state index contributed by atoms with van der Waals surface area (Å²) in [6.07, 6.45) is 7.11. The standard InChI is InChI=1S/C32H33N5O8S/c38-24-4-1-21(2-5-24)22-3-7-27(30(16-22)45-25-15-23-9-12-33-31(23)35-19-25)32(39)36-46(42,43)26-6-8-28(29(17-26)37(40)41)34-18-20-10-13-44-14-11-20/h3,6-9,12,15-17,19-21,34H,1-2,4-5,10-11,13-14,18H2,(H,33,35)(H,36,39). The highest BCUT2D eigenvalue weighted by Gasteiger charge is 2.27. The number of rotatable bonds is 10. The number of ether oxygens (including phenoxy) is 2. The highest BCUT2D eigenvalue weighted by Crippen LogP contribution is 2.36. The van der Waals surface area contributed by atoms with Gasteiger partial charge in [-0.05, 0) is 79.5 Å². The molecule has 13 nitrogen and oxygen atoms in total. The molecule has 6 rings (SSSR count). The van der Waals surface area contributed by atoms with Gasteiger partial charge in [-0.25, -0.2) is 18.1 Å². The van der Waals surface area contributed by atoms with E-state index in [-0.39, 0.29) is 34.6 Å². The van der Waals surface area contributed by atoms with Crippen LogP contribution < -0.4 is 14.8 Å². The van der Waals surface area contributed by atoms with Crippen molar-refractivity contribution < 1.29 is 32.4 Å². The number of benzene rings is 2. The van der Waals surface area contributed by atoms with E-state index in [1.54, 1.807) is 24.4 Å². The van der Waals surface area contributed by atoms with Crippen LogP contribution in [0.5, 0.6) is 11.5 Å². The molecule has 2 aliphatic rings. The molecule has 1 saturated carbocycles. The smallest absolute Gasteiger partial charge is 0.293 e. The number of aromatic nitrogens is 2. The number of hydrogen-bond donors (Lipinski definition) is 3. The van der Waals surface area contributed by atoms with Crippen molar-refractivity contribution in [3.63, 3.8) is 0 Å². The third-order valence-electron chi connectivity index (χ3n) is 8.49. The summed E-state index contributed by atoms with van der Waals surface area (Å²) < 4.78 is 40.2. The van der Waals surface area contributed by atoms with Gasteiger partial charge in [0.1, 0.15) is 28.6 Å². The number of hydrogen-bond acceptors (Lipinski definition) is 10. The van der Waals surface area contributed by atoms with Gasteiger partial charge in [0.25, 0.3) is 21.6 Å². The van der Waals surface area contributed by atoms with E-state index < -0.39 is 31.4 Å². The van der Waals surface area contributed by atoms with Crippen molar-refractivity contribution in [1.82, 2.24) is 14.7 Å². The van der Waals surface area contributed by atoms with Crippen molar-refractivity contribution in [1.29, 1.82) is 0 Å². The van der Waals surface area contributed by atoms with E-state index in [2.05, 4.69) is 15.3 Å². The molecule has 2 aromatic heterocycles. The lowest BCUT2D eigenvalue weighted by atomic mass is 9.83. The Morgan fingerprint density at radius 1 is 1.07 bits per heavy atom. The Bertz CT molecular complexity index is 1890. The number of nitrogens with zero attached hydrogens (tertiary/aromatic N) is 2. The minimum absolute atomic E-state index is 0.0578. The number of pyridine rings is 1. The lowest BCUT2D eigenvalue weighted by molar-refractivity contribution is -0.384. The number of aromatic amines is 1. The van der Waals surface area contributed by atoms with Crippen LogP contribution in [0.1, 0.15) is 60.4 Å². The first-order valence-electron chi connectivity index (χ1n) is 15.1. The van der Waals surface area contributed by atoms with Gasteiger partial charge in [-0.15, -0.1) is 0 Å². The van der Waals surface area contributed by atoms with Crippen LogP contribution in [0, 0.1) is 16.0 Å². The first-order chi connectivity index (χ1) is 22.2. The molecule has 3 heterocycles. The third kappa shape index (κ3) is 7.02. The molecule has 0 spiro atoms. The third-order valence-corrected chi connectivity index (χ3v) is 9.82. The summed E-state index contributed by atoms with van der Waals surface area (Å²) in [7, 11) is -4.52. The van der Waals surface area contributed by atoms with E-state index in [0.717, 1.165) is 29.9 Å². The van der Waals surface area contributed by atoms with E-state index in [4.69, 9.17) is 9.47 Å². The van der Waals surface area contributed by atoms with Gasteiger partial charge in [-0.1, -0.05) is 6.07 Å². The lowest BCUT2D eigenvalue weighted by Gasteiger charge is -2.22. The van der Waals surface area contributed by atoms with Crippen LogP contribution >= 0.6 is 0 Å². The number of fused-ring (bicyclic) bond motifs is 1. The summed E-state index contributed by atoms with van der Waals surface area (Å²) in [5.41, 5.74) is 1.21. The van der Waals surface area contributed by atoms with Crippen LogP contribution in [-0.2, 0) is 19.6 Å². The fourth-order valence-corrected chi connectivity index (χ4v) is 6.85. The maximum absolute atomic E-state index is 13.5. The molecule has 1 aliphatic carbocycles. The van der Waals surface area contributed by atoms with Crippen molar-refractivity contribution in [3.05, 3.63) is 82.2 Å². The predicted molar refractivity (Wildman–Crippen MR) is 169 cm³/mol. The molecule has 1 amide bonds. The van der Waals surface area contributed by atoms with Crippen molar-refractivity contribution in [3.8, 4) is 11.5 Å². The topological polar surface area (TPSA) is 183 Å². The van der Waals surface area contributed by atoms with Crippen molar-refractivity contribution in [2.45, 2.75) is 49.3 Å². The Hall–Kier alpha value is -4.82. The number of nitrogens with one attached hydrogen (secondary N) is 3. The molecule has 14 heteroatoms. The molecule has 240 valence electrons. The molecule has 0 bridgehead atoms. The minimum Gasteiger partial charge on any atom is -0.455 e. The van der Waals surface area contributed by atoms with Crippen LogP contribution in [0.2, 0.25) is 0 Å². The molecule has 1 saturated heterocycles. The normalized spacial score (nSPS) is 16.3. The summed E-state index contributed by atoms with van der Waals surface area (Å²) in [4.78, 5) is 43.4. The minimum atomic E-state index is -4.52. The quantitative estimate of drug-likeness (QED) is 0.148. The zero-order chi connectivity index (χ0) is 32.3. The van der Waals surface area contributed by atoms with Gasteiger partial charge in [-0.3, -0.25) is 19.7 Å². The number of nitro groups is 1. The maximum Gasteiger partial charge on any atom is 0.293 e. The fraction of sp³-hybridized carbons (Fsp3) is 0.344. The number of carbonyl (C=O) groups excluding carboxylic acids is 2. The average Bonchev–Trinajstić information content (AvgIpc) is 3.52. The first kappa shape index (κ1) is 31.2. The molecule has 0 atom stereocenters. The summed E-state index contributed by atoms with van der Waals surface area (Å²) >= 11 is 0. The zero-order valence-corrected chi connectivity index (χ0v) is 25.7. The van der Waals surface area contributed by atoms with Crippen LogP contribution in [0.25, 0.3) is 11.0 Å². The van der Waals surface area contributed by atoms with Gasteiger partial charge >= 0.3 is 0 Å². The van der Waals surface area contributed by atoms with E-state index in [9.17, 15) is 28.1 Å². The van der Waals surface area contributed by atoms with E-state index in [1.165, 1.54) is 24.4 Å². The highest BCUT2D eigenvalue weighted by molar-refractivity contribution is 7.90. The van der Waals surface area contributed by atoms with Crippen molar-refractivity contribution in [2.75, 3.05) is 25.1 Å². The average molecular weight is 648 g/mol. The summed E-state index contributed by atoms with van der Waals surface area (Å²) in [5.74, 6) is 0.0333. The molecule has 2 fully saturated rings. The van der Waals surface area contributed by atoms with E-state index in [1.807, 2.05) is 10.8 Å². The lowest BCUT2D eigenvalue weighted by Crippen LogP contribution is -2.31. The van der Waals surface area contributed by atoms with Crippen LogP contribution in [0.15, 0.2) is 65.8 Å². The zero-order valence-electron chi connectivity index (χ0n) is 24.9. The van der Waals surface area contributed by atoms with Crippen LogP contribution in [0.4, 0.5) is 11.4 Å². The molecule has 3 N–H and O–H groups in total. The number of ketones is 1. The van der Waals surface area contributed by atoms with Gasteiger partial charge < -0.3 is 19.8 Å². The molecule has 1 aliphatic heterocycles. The van der Waals surface area contributed by atoms with Gasteiger partial charge in [-0.2, -0.15) is 0 Å². The van der Waals surface area contributed by atoms with E-state index in [0.29, 0.717) is 56.8 Å². The Kier molecular flexibility index (Phi) is 8.99. The number of nitro benzene ring substituents is 1. The molecule has 4 aromatic rings. The van der Waals surface area contributed by atoms with Crippen LogP contribution in [-0.4, -0.2) is 54.8 Å². The number of amides is 1. The second-order valence-electron chi connectivity index (χ2n) is 11.6. The van der Waals surface area contributed by atoms with Gasteiger partial charge in [0.15, 0.2) is 0 Å². The second kappa shape index (κ2) is 13.3. The number of H-pyrrole nitrogens is 1. The molecule has 2 aromatic carbocycles. The maximum atomic E-state index is 13.5. The molecular weight excluding hydrogens is 614 g/mol. The fourth-order valence-electron chi connectivity index (χ4n) is 5.86. The van der Waals surface area contributed by atoms with E-state index >= 15 is 0 Å². The predicted octanol–water partition coefficient (Wildman–Crippen LogP) is 5.45. The van der Waals surface area contributed by atoms with Gasteiger partial charge in [0.2, 0.25) is 0 Å². The summed E-state index contributed by atoms with van der Waals surface area (Å²) in [5, 5.41) is 15.7. The Balaban J connectivity index is 1.25. The van der Waals surface area contributed by atoms with Crippen LogP contribution in [0.3, 0.4) is 0 Å². The Morgan fingerprint density at radius 2 is 1.85 bits per heavy atom. The SMILES string of the molecule is O=C1CCC(c2ccc(C(=O)NS(=O)(=O)c3ccc(NCC4CCOCC4)c([N+](=O)[O-])c3)c(Oc3cnc4[nH]ccc4c3)c2)CC1. The van der Waals surface area contributed by atoms with Gasteiger partial charge in [0.05, 0.1) is 21.6 Å². The molecule has 0 radical (unpaired) electrons. The van der Waals surface area contributed by atoms with Crippen molar-refractivity contribution in [2.24, 2.45) is 5.92 Å². The summed E-state index contributed by atoms with van der Waals surface area (Å²) in [6.45, 7) is 1.73. The summed E-state index contributed by atoms with van der Waals surface area (Å²) in [6, 6.07) is 11.9. The van der Waals surface area contributed by atoms with Crippen molar-refractivity contribution >= 4 is 44.1 Å².